The van der Waals surface area contributed by atoms with Gasteiger partial charge in [0.05, 0.1) is 21.4 Å². The Balaban J connectivity index is 1.73. The maximum Gasteiger partial charge on any atom is 0.0895 e. The Labute approximate surface area is 171 Å². The molecule has 2 nitrogen and oxygen atoms in total. The van der Waals surface area contributed by atoms with Crippen molar-refractivity contribution in [3.05, 3.63) is 96.1 Å². The zero-order chi connectivity index (χ0) is 18.6. The second-order valence-corrected chi connectivity index (χ2v) is 7.54. The van der Waals surface area contributed by atoms with E-state index in [-0.39, 0.29) is 0 Å². The zero-order valence-corrected chi connectivity index (χ0v) is 16.5. The summed E-state index contributed by atoms with van der Waals surface area (Å²) in [5.41, 5.74) is 4.69. The molecule has 1 aliphatic rings. The summed E-state index contributed by atoms with van der Waals surface area (Å²) < 4.78 is 0. The third kappa shape index (κ3) is 3.92. The van der Waals surface area contributed by atoms with E-state index < -0.39 is 0 Å². The van der Waals surface area contributed by atoms with E-state index in [0.717, 1.165) is 34.4 Å². The molecular formula is C23H20N2S2. The Morgan fingerprint density at radius 2 is 0.926 bits per heavy atom. The van der Waals surface area contributed by atoms with Crippen molar-refractivity contribution in [3.63, 3.8) is 0 Å². The highest BCUT2D eigenvalue weighted by molar-refractivity contribution is 7.82. The normalized spacial score (nSPS) is 14.1. The van der Waals surface area contributed by atoms with Gasteiger partial charge < -0.3 is 9.80 Å². The lowest BCUT2D eigenvalue weighted by molar-refractivity contribution is 0.994. The highest BCUT2D eigenvalue weighted by Crippen LogP contribution is 2.35. The van der Waals surface area contributed by atoms with Gasteiger partial charge in [-0.1, -0.05) is 97.2 Å². The van der Waals surface area contributed by atoms with Gasteiger partial charge in [0.1, 0.15) is 0 Å². The van der Waals surface area contributed by atoms with Crippen molar-refractivity contribution in [2.45, 2.75) is 19.5 Å². The first-order valence-electron chi connectivity index (χ1n) is 9.00. The number of hydrogen-bond acceptors (Lipinski definition) is 2. The summed E-state index contributed by atoms with van der Waals surface area (Å²) in [5.74, 6) is 0. The smallest absolute Gasteiger partial charge is 0.0895 e. The summed E-state index contributed by atoms with van der Waals surface area (Å²) in [5, 5.41) is 0. The Morgan fingerprint density at radius 3 is 1.33 bits per heavy atom. The number of fused-ring (bicyclic) bond motifs is 1. The van der Waals surface area contributed by atoms with Gasteiger partial charge in [0.25, 0.3) is 0 Å². The molecule has 3 aromatic carbocycles. The van der Waals surface area contributed by atoms with Gasteiger partial charge in [0.15, 0.2) is 0 Å². The lowest BCUT2D eigenvalue weighted by atomic mass is 10.1. The topological polar surface area (TPSA) is 6.48 Å². The molecule has 0 N–H and O–H groups in total. The van der Waals surface area contributed by atoms with Crippen LogP contribution in [0.3, 0.4) is 0 Å². The standard InChI is InChI=1S/C23H20N2S2/c26-22-15-23(27)25(17-19-11-5-2-6-12-19)21-14-8-7-13-20(21)24(22)16-18-9-3-1-4-10-18/h1-14H,15-17H2. The van der Waals surface area contributed by atoms with Crippen LogP contribution in [0.1, 0.15) is 17.5 Å². The molecule has 0 atom stereocenters. The minimum absolute atomic E-state index is 0.610. The predicted molar refractivity (Wildman–Crippen MR) is 122 cm³/mol. The van der Waals surface area contributed by atoms with Gasteiger partial charge in [-0.3, -0.25) is 0 Å². The second-order valence-electron chi connectivity index (χ2n) is 6.60. The molecule has 0 unspecified atom stereocenters. The Hall–Kier alpha value is -2.56. The summed E-state index contributed by atoms with van der Waals surface area (Å²) in [6.45, 7) is 1.50. The molecule has 134 valence electrons. The van der Waals surface area contributed by atoms with Crippen molar-refractivity contribution < 1.29 is 0 Å². The Kier molecular flexibility index (Phi) is 5.28. The largest absolute Gasteiger partial charge is 0.329 e. The molecule has 0 fully saturated rings. The molecule has 0 aromatic heterocycles. The lowest BCUT2D eigenvalue weighted by Crippen LogP contribution is -2.30. The average Bonchev–Trinajstić information content (AvgIpc) is 2.80. The van der Waals surface area contributed by atoms with E-state index in [1.54, 1.807) is 0 Å². The molecular weight excluding hydrogens is 368 g/mol. The van der Waals surface area contributed by atoms with E-state index in [1.807, 2.05) is 12.1 Å². The summed E-state index contributed by atoms with van der Waals surface area (Å²) in [6, 6.07) is 29.3. The molecule has 0 amide bonds. The van der Waals surface area contributed by atoms with Gasteiger partial charge in [0, 0.05) is 19.5 Å². The van der Waals surface area contributed by atoms with Crippen LogP contribution in [-0.2, 0) is 13.1 Å². The molecule has 0 bridgehead atoms. The first-order valence-corrected chi connectivity index (χ1v) is 9.81. The molecule has 0 saturated carbocycles. The van der Waals surface area contributed by atoms with Crippen molar-refractivity contribution in [1.82, 2.24) is 0 Å². The van der Waals surface area contributed by atoms with E-state index in [0.29, 0.717) is 6.42 Å². The lowest BCUT2D eigenvalue weighted by Gasteiger charge is -2.27. The number of para-hydroxylation sites is 2. The maximum atomic E-state index is 5.80. The van der Waals surface area contributed by atoms with Crippen LogP contribution in [0.15, 0.2) is 84.9 Å². The van der Waals surface area contributed by atoms with Crippen molar-refractivity contribution in [2.24, 2.45) is 0 Å². The Bertz CT molecular complexity index is 876. The van der Waals surface area contributed by atoms with Crippen LogP contribution >= 0.6 is 24.4 Å². The number of hydrogen-bond donors (Lipinski definition) is 0. The SMILES string of the molecule is S=C1CC(=S)N(Cc2ccccc2)c2ccccc2N1Cc1ccccc1. The van der Waals surface area contributed by atoms with E-state index in [9.17, 15) is 0 Å². The van der Waals surface area contributed by atoms with Crippen LogP contribution in [0.2, 0.25) is 0 Å². The first-order chi connectivity index (χ1) is 13.2. The number of nitrogens with zero attached hydrogens (tertiary/aromatic N) is 2. The van der Waals surface area contributed by atoms with E-state index >= 15 is 0 Å². The molecule has 4 rings (SSSR count). The summed E-state index contributed by atoms with van der Waals surface area (Å²) in [6.07, 6.45) is 0.610. The highest BCUT2D eigenvalue weighted by Gasteiger charge is 2.27. The summed E-state index contributed by atoms with van der Waals surface area (Å²) in [7, 11) is 0. The van der Waals surface area contributed by atoms with Crippen LogP contribution in [-0.4, -0.2) is 9.98 Å². The van der Waals surface area contributed by atoms with Gasteiger partial charge >= 0.3 is 0 Å². The van der Waals surface area contributed by atoms with E-state index in [4.69, 9.17) is 24.4 Å². The minimum Gasteiger partial charge on any atom is -0.329 e. The van der Waals surface area contributed by atoms with Gasteiger partial charge in [-0.15, -0.1) is 0 Å². The van der Waals surface area contributed by atoms with Crippen molar-refractivity contribution in [1.29, 1.82) is 0 Å². The molecule has 0 spiro atoms. The van der Waals surface area contributed by atoms with Crippen molar-refractivity contribution in [3.8, 4) is 0 Å². The third-order valence-corrected chi connectivity index (χ3v) is 5.46. The molecule has 27 heavy (non-hydrogen) atoms. The fourth-order valence-corrected chi connectivity index (χ4v) is 4.08. The number of rotatable bonds is 4. The molecule has 0 radical (unpaired) electrons. The van der Waals surface area contributed by atoms with Crippen LogP contribution < -0.4 is 9.80 Å². The van der Waals surface area contributed by atoms with Crippen LogP contribution in [0.25, 0.3) is 0 Å². The number of benzene rings is 3. The zero-order valence-electron chi connectivity index (χ0n) is 14.9. The number of anilines is 2. The van der Waals surface area contributed by atoms with Gasteiger partial charge in [0.2, 0.25) is 0 Å². The van der Waals surface area contributed by atoms with Crippen LogP contribution in [0, 0.1) is 0 Å². The Morgan fingerprint density at radius 1 is 0.556 bits per heavy atom. The monoisotopic (exact) mass is 388 g/mol. The molecule has 0 aliphatic carbocycles. The second kappa shape index (κ2) is 7.99. The summed E-state index contributed by atoms with van der Waals surface area (Å²) in [4.78, 5) is 6.17. The highest BCUT2D eigenvalue weighted by atomic mass is 32.1. The summed E-state index contributed by atoms with van der Waals surface area (Å²) >= 11 is 11.6. The molecule has 1 heterocycles. The van der Waals surface area contributed by atoms with Gasteiger partial charge in [-0.2, -0.15) is 0 Å². The van der Waals surface area contributed by atoms with Crippen LogP contribution in [0.5, 0.6) is 0 Å². The minimum atomic E-state index is 0.610. The van der Waals surface area contributed by atoms with Gasteiger partial charge in [-0.05, 0) is 23.3 Å². The van der Waals surface area contributed by atoms with Crippen LogP contribution in [0.4, 0.5) is 11.4 Å². The fourth-order valence-electron chi connectivity index (χ4n) is 3.39. The van der Waals surface area contributed by atoms with Crippen molar-refractivity contribution >= 4 is 45.8 Å². The molecule has 1 aliphatic heterocycles. The maximum absolute atomic E-state index is 5.80. The fraction of sp³-hybridized carbons (Fsp3) is 0.130. The molecule has 3 aromatic rings. The van der Waals surface area contributed by atoms with E-state index in [1.165, 1.54) is 11.1 Å². The van der Waals surface area contributed by atoms with Gasteiger partial charge in [-0.25, -0.2) is 0 Å². The third-order valence-electron chi connectivity index (χ3n) is 4.73. The first kappa shape index (κ1) is 17.8. The average molecular weight is 389 g/mol. The molecule has 4 heteroatoms. The van der Waals surface area contributed by atoms with E-state index in [2.05, 4.69) is 82.6 Å². The molecule has 0 saturated heterocycles. The quantitative estimate of drug-likeness (QED) is 0.524. The predicted octanol–water partition coefficient (Wildman–Crippen LogP) is 5.76. The number of thiocarbonyl (C=S) groups is 2. The van der Waals surface area contributed by atoms with Crippen molar-refractivity contribution in [2.75, 3.05) is 9.80 Å².